The molecule has 2 aromatic heterocycles. The zero-order valence-corrected chi connectivity index (χ0v) is 9.78. The zero-order chi connectivity index (χ0) is 10.8. The smallest absolute Gasteiger partial charge is 0.214 e. The van der Waals surface area contributed by atoms with Crippen LogP contribution in [0.1, 0.15) is 23.0 Å². The molecule has 0 saturated heterocycles. The lowest BCUT2D eigenvalue weighted by Gasteiger charge is -1.94. The molecule has 0 unspecified atom stereocenters. The van der Waals surface area contributed by atoms with Crippen molar-refractivity contribution < 1.29 is 4.79 Å². The molecule has 15 heavy (non-hydrogen) atoms. The Morgan fingerprint density at radius 1 is 1.67 bits per heavy atom. The minimum absolute atomic E-state index is 0.0656. The van der Waals surface area contributed by atoms with E-state index in [0.29, 0.717) is 16.0 Å². The third kappa shape index (κ3) is 1.87. The van der Waals surface area contributed by atoms with Crippen molar-refractivity contribution in [3.8, 4) is 0 Å². The highest BCUT2D eigenvalue weighted by Crippen LogP contribution is 2.13. The minimum Gasteiger partial charge on any atom is -0.367 e. The van der Waals surface area contributed by atoms with Crippen molar-refractivity contribution in [1.29, 1.82) is 0 Å². The quantitative estimate of drug-likeness (QED) is 0.868. The number of aryl methyl sites for hydroxylation is 1. The van der Waals surface area contributed by atoms with Crippen LogP contribution in [0.3, 0.4) is 0 Å². The molecule has 2 rings (SSSR count). The Hall–Kier alpha value is -1.36. The average molecular weight is 268 g/mol. The standard InChI is InChI=1S/C10H10BrN3O/c1-2-14-6-8(13-10(14)11)9(15)7-3-4-12-5-7/h3-6,12H,2H2,1H3. The number of ketones is 1. The van der Waals surface area contributed by atoms with Crippen LogP contribution in [-0.4, -0.2) is 20.3 Å². The number of rotatable bonds is 3. The van der Waals surface area contributed by atoms with Crippen molar-refractivity contribution in [1.82, 2.24) is 14.5 Å². The number of nitrogens with one attached hydrogen (secondary N) is 1. The third-order valence-electron chi connectivity index (χ3n) is 2.16. The van der Waals surface area contributed by atoms with E-state index in [-0.39, 0.29) is 5.78 Å². The van der Waals surface area contributed by atoms with Gasteiger partial charge in [-0.3, -0.25) is 4.79 Å². The number of aromatic nitrogens is 3. The molecule has 0 aliphatic heterocycles. The van der Waals surface area contributed by atoms with Gasteiger partial charge in [0.1, 0.15) is 5.69 Å². The lowest BCUT2D eigenvalue weighted by molar-refractivity contribution is 0.103. The summed E-state index contributed by atoms with van der Waals surface area (Å²) in [5.74, 6) is -0.0656. The normalized spacial score (nSPS) is 10.5. The maximum atomic E-state index is 11.9. The van der Waals surface area contributed by atoms with E-state index in [1.807, 2.05) is 11.5 Å². The molecule has 0 bridgehead atoms. The van der Waals surface area contributed by atoms with Crippen LogP contribution in [0, 0.1) is 0 Å². The molecule has 0 saturated carbocycles. The number of carbonyl (C=O) groups is 1. The average Bonchev–Trinajstić information content (AvgIpc) is 2.85. The van der Waals surface area contributed by atoms with Crippen molar-refractivity contribution in [3.05, 3.63) is 40.6 Å². The second-order valence-electron chi connectivity index (χ2n) is 3.11. The summed E-state index contributed by atoms with van der Waals surface area (Å²) in [6.07, 6.45) is 5.14. The van der Waals surface area contributed by atoms with Crippen LogP contribution in [0.25, 0.3) is 0 Å². The van der Waals surface area contributed by atoms with Crippen LogP contribution >= 0.6 is 15.9 Å². The molecule has 78 valence electrons. The predicted octanol–water partition coefficient (Wildman–Crippen LogP) is 2.22. The first-order valence-corrected chi connectivity index (χ1v) is 5.42. The fraction of sp³-hybridized carbons (Fsp3) is 0.200. The largest absolute Gasteiger partial charge is 0.367 e. The first-order valence-electron chi connectivity index (χ1n) is 4.62. The van der Waals surface area contributed by atoms with E-state index in [4.69, 9.17) is 0 Å². The second kappa shape index (κ2) is 4.02. The molecule has 2 aromatic rings. The number of aromatic amines is 1. The molecule has 2 heterocycles. The summed E-state index contributed by atoms with van der Waals surface area (Å²) in [6.45, 7) is 2.78. The molecular formula is C10H10BrN3O. The van der Waals surface area contributed by atoms with Crippen molar-refractivity contribution in [2.45, 2.75) is 13.5 Å². The van der Waals surface area contributed by atoms with Gasteiger partial charge in [0, 0.05) is 30.7 Å². The Morgan fingerprint density at radius 3 is 3.00 bits per heavy atom. The predicted molar refractivity (Wildman–Crippen MR) is 59.8 cm³/mol. The third-order valence-corrected chi connectivity index (χ3v) is 2.79. The Bertz CT molecular complexity index is 473. The first kappa shape index (κ1) is 10.2. The monoisotopic (exact) mass is 267 g/mol. The maximum Gasteiger partial charge on any atom is 0.214 e. The fourth-order valence-electron chi connectivity index (χ4n) is 1.34. The lowest BCUT2D eigenvalue weighted by atomic mass is 10.2. The highest BCUT2D eigenvalue weighted by molar-refractivity contribution is 9.10. The molecule has 0 amide bonds. The number of hydrogen-bond acceptors (Lipinski definition) is 2. The van der Waals surface area contributed by atoms with Gasteiger partial charge >= 0.3 is 0 Å². The molecule has 4 nitrogen and oxygen atoms in total. The van der Waals surface area contributed by atoms with E-state index in [1.165, 1.54) is 0 Å². The molecule has 0 radical (unpaired) electrons. The van der Waals surface area contributed by atoms with Gasteiger partial charge < -0.3 is 9.55 Å². The van der Waals surface area contributed by atoms with Gasteiger partial charge in [-0.1, -0.05) is 0 Å². The molecule has 0 aromatic carbocycles. The summed E-state index contributed by atoms with van der Waals surface area (Å²) >= 11 is 3.30. The molecule has 0 aliphatic carbocycles. The lowest BCUT2D eigenvalue weighted by Crippen LogP contribution is -1.99. The highest BCUT2D eigenvalue weighted by Gasteiger charge is 2.14. The molecular weight excluding hydrogens is 258 g/mol. The Labute approximate surface area is 95.5 Å². The minimum atomic E-state index is -0.0656. The topological polar surface area (TPSA) is 50.7 Å². The van der Waals surface area contributed by atoms with E-state index < -0.39 is 0 Å². The Kier molecular flexibility index (Phi) is 2.73. The van der Waals surface area contributed by atoms with Gasteiger partial charge in [-0.15, -0.1) is 0 Å². The summed E-state index contributed by atoms with van der Waals surface area (Å²) in [7, 11) is 0. The second-order valence-corrected chi connectivity index (χ2v) is 3.82. The van der Waals surface area contributed by atoms with Gasteiger partial charge in [-0.2, -0.15) is 0 Å². The van der Waals surface area contributed by atoms with Gasteiger partial charge in [-0.25, -0.2) is 4.98 Å². The van der Waals surface area contributed by atoms with Crippen LogP contribution in [-0.2, 0) is 6.54 Å². The van der Waals surface area contributed by atoms with Crippen LogP contribution in [0.4, 0.5) is 0 Å². The molecule has 1 N–H and O–H groups in total. The SMILES string of the molecule is CCn1cc(C(=O)c2cc[nH]c2)nc1Br. The maximum absolute atomic E-state index is 11.9. The summed E-state index contributed by atoms with van der Waals surface area (Å²) in [6, 6.07) is 1.74. The zero-order valence-electron chi connectivity index (χ0n) is 8.20. The molecule has 5 heteroatoms. The fourth-order valence-corrected chi connectivity index (χ4v) is 1.88. The van der Waals surface area contributed by atoms with Gasteiger partial charge in [-0.05, 0) is 28.9 Å². The van der Waals surface area contributed by atoms with Gasteiger partial charge in [0.2, 0.25) is 5.78 Å². The van der Waals surface area contributed by atoms with Crippen molar-refractivity contribution >= 4 is 21.7 Å². The molecule has 0 atom stereocenters. The van der Waals surface area contributed by atoms with Crippen molar-refractivity contribution in [2.75, 3.05) is 0 Å². The van der Waals surface area contributed by atoms with Crippen LogP contribution in [0.15, 0.2) is 29.4 Å². The number of hydrogen-bond donors (Lipinski definition) is 1. The molecule has 0 fully saturated rings. The number of carbonyl (C=O) groups excluding carboxylic acids is 1. The number of imidazole rings is 1. The van der Waals surface area contributed by atoms with Gasteiger partial charge in [0.25, 0.3) is 0 Å². The van der Waals surface area contributed by atoms with Crippen LogP contribution in [0.2, 0.25) is 0 Å². The number of halogens is 1. The highest BCUT2D eigenvalue weighted by atomic mass is 79.9. The van der Waals surface area contributed by atoms with E-state index >= 15 is 0 Å². The van der Waals surface area contributed by atoms with E-state index in [0.717, 1.165) is 6.54 Å². The van der Waals surface area contributed by atoms with E-state index in [1.54, 1.807) is 24.7 Å². The van der Waals surface area contributed by atoms with E-state index in [2.05, 4.69) is 25.9 Å². The van der Waals surface area contributed by atoms with Crippen LogP contribution in [0.5, 0.6) is 0 Å². The summed E-state index contributed by atoms with van der Waals surface area (Å²) in [4.78, 5) is 18.9. The summed E-state index contributed by atoms with van der Waals surface area (Å²) in [5, 5.41) is 0. The first-order chi connectivity index (χ1) is 7.22. The van der Waals surface area contributed by atoms with Gasteiger partial charge in [0.15, 0.2) is 4.73 Å². The Morgan fingerprint density at radius 2 is 2.47 bits per heavy atom. The van der Waals surface area contributed by atoms with Gasteiger partial charge in [0.05, 0.1) is 0 Å². The van der Waals surface area contributed by atoms with Crippen molar-refractivity contribution in [2.24, 2.45) is 0 Å². The molecule has 0 spiro atoms. The number of nitrogens with zero attached hydrogens (tertiary/aromatic N) is 2. The van der Waals surface area contributed by atoms with Crippen molar-refractivity contribution in [3.63, 3.8) is 0 Å². The Balaban J connectivity index is 2.34. The summed E-state index contributed by atoms with van der Waals surface area (Å²) < 4.78 is 2.56. The van der Waals surface area contributed by atoms with E-state index in [9.17, 15) is 4.79 Å². The molecule has 0 aliphatic rings. The number of H-pyrrole nitrogens is 1. The summed E-state index contributed by atoms with van der Waals surface area (Å²) in [5.41, 5.74) is 1.09. The van der Waals surface area contributed by atoms with Crippen LogP contribution < -0.4 is 0 Å².